The first-order chi connectivity index (χ1) is 7.43. The van der Waals surface area contributed by atoms with Gasteiger partial charge in [0.05, 0.1) is 24.1 Å². The van der Waals surface area contributed by atoms with E-state index in [0.29, 0.717) is 11.4 Å². The third-order valence-electron chi connectivity index (χ3n) is 3.23. The number of thioether (sulfide) groups is 1. The predicted octanol–water partition coefficient (Wildman–Crippen LogP) is 1.97. The molecule has 1 radical (unpaired) electrons. The van der Waals surface area contributed by atoms with Gasteiger partial charge in [-0.05, 0) is 25.7 Å². The molecule has 0 bridgehead atoms. The Morgan fingerprint density at radius 2 is 1.93 bits per heavy atom. The van der Waals surface area contributed by atoms with Crippen LogP contribution in [0.5, 0.6) is 0 Å². The number of hydrogen-bond donors (Lipinski definition) is 0. The molecule has 4 heteroatoms. The fourth-order valence-corrected chi connectivity index (χ4v) is 3.67. The summed E-state index contributed by atoms with van der Waals surface area (Å²) < 4.78 is 17.1. The highest BCUT2D eigenvalue weighted by atomic mass is 32.2. The van der Waals surface area contributed by atoms with Gasteiger partial charge in [0.25, 0.3) is 0 Å². The summed E-state index contributed by atoms with van der Waals surface area (Å²) >= 11 is 1.85. The molecule has 3 aliphatic rings. The van der Waals surface area contributed by atoms with E-state index in [1.807, 2.05) is 11.8 Å². The average Bonchev–Trinajstić information content (AvgIpc) is 3.02. The minimum absolute atomic E-state index is 0.251. The Morgan fingerprint density at radius 3 is 2.67 bits per heavy atom. The van der Waals surface area contributed by atoms with Crippen LogP contribution in [0.1, 0.15) is 25.7 Å². The molecule has 0 N–H and O–H groups in total. The maximum absolute atomic E-state index is 5.74. The van der Waals surface area contributed by atoms with Gasteiger partial charge in [-0.1, -0.05) is 0 Å². The molecule has 3 heterocycles. The molecule has 0 amide bonds. The van der Waals surface area contributed by atoms with Crippen molar-refractivity contribution in [2.75, 3.05) is 19.8 Å². The summed E-state index contributed by atoms with van der Waals surface area (Å²) in [7, 11) is 0. The Balaban J connectivity index is 1.53. The normalized spacial score (nSPS) is 42.8. The second kappa shape index (κ2) is 4.62. The minimum Gasteiger partial charge on any atom is -0.377 e. The molecule has 0 saturated carbocycles. The van der Waals surface area contributed by atoms with E-state index in [9.17, 15) is 0 Å². The summed E-state index contributed by atoms with van der Waals surface area (Å²) in [5.74, 6) is 0. The van der Waals surface area contributed by atoms with Gasteiger partial charge in [-0.2, -0.15) is 0 Å². The van der Waals surface area contributed by atoms with Crippen molar-refractivity contribution >= 4 is 11.8 Å². The summed E-state index contributed by atoms with van der Waals surface area (Å²) in [6.45, 7) is 2.63. The second-order valence-electron chi connectivity index (χ2n) is 4.34. The van der Waals surface area contributed by atoms with Gasteiger partial charge in [-0.15, -0.1) is 11.8 Å². The van der Waals surface area contributed by atoms with E-state index in [0.717, 1.165) is 31.7 Å². The van der Waals surface area contributed by atoms with Crippen LogP contribution in [0.2, 0.25) is 0 Å². The Morgan fingerprint density at radius 1 is 1.07 bits per heavy atom. The van der Waals surface area contributed by atoms with Gasteiger partial charge in [0.2, 0.25) is 0 Å². The van der Waals surface area contributed by atoms with Crippen molar-refractivity contribution in [2.24, 2.45) is 0 Å². The third kappa shape index (κ3) is 2.18. The molecule has 3 fully saturated rings. The van der Waals surface area contributed by atoms with Crippen molar-refractivity contribution in [3.8, 4) is 0 Å². The highest BCUT2D eigenvalue weighted by Crippen LogP contribution is 2.43. The molecule has 0 aromatic carbocycles. The van der Waals surface area contributed by atoms with Crippen LogP contribution in [0.3, 0.4) is 0 Å². The Bertz CT molecular complexity index is 190. The molecule has 0 aromatic heterocycles. The van der Waals surface area contributed by atoms with Crippen LogP contribution in [-0.2, 0) is 14.2 Å². The standard InChI is InChI=1S/C11H17O3S/c1-3-8(12-5-1)10-7-14-11(15-10)9-4-2-6-13-9/h8-10H,1-7H2. The number of ether oxygens (including phenoxy) is 3. The van der Waals surface area contributed by atoms with Gasteiger partial charge < -0.3 is 14.2 Å². The average molecular weight is 229 g/mol. The van der Waals surface area contributed by atoms with E-state index < -0.39 is 0 Å². The zero-order valence-corrected chi connectivity index (χ0v) is 9.63. The van der Waals surface area contributed by atoms with Crippen LogP contribution >= 0.6 is 11.8 Å². The van der Waals surface area contributed by atoms with E-state index in [-0.39, 0.29) is 6.10 Å². The molecule has 85 valence electrons. The van der Waals surface area contributed by atoms with E-state index in [2.05, 4.69) is 0 Å². The van der Waals surface area contributed by atoms with E-state index in [1.165, 1.54) is 19.3 Å². The Hall–Kier alpha value is 0.230. The zero-order valence-electron chi connectivity index (χ0n) is 8.81. The highest BCUT2D eigenvalue weighted by molar-refractivity contribution is 8.02. The first kappa shape index (κ1) is 10.4. The minimum atomic E-state index is 0.251. The lowest BCUT2D eigenvalue weighted by Gasteiger charge is -2.17. The first-order valence-corrected chi connectivity index (χ1v) is 6.71. The van der Waals surface area contributed by atoms with Crippen LogP contribution in [0, 0.1) is 5.44 Å². The summed E-state index contributed by atoms with van der Waals surface area (Å²) in [4.78, 5) is 0. The number of hydrogen-bond acceptors (Lipinski definition) is 4. The molecule has 3 aliphatic heterocycles. The zero-order chi connectivity index (χ0) is 10.1. The highest BCUT2D eigenvalue weighted by Gasteiger charge is 2.40. The van der Waals surface area contributed by atoms with E-state index >= 15 is 0 Å². The van der Waals surface area contributed by atoms with E-state index in [1.54, 1.807) is 0 Å². The van der Waals surface area contributed by atoms with Crippen LogP contribution in [-0.4, -0.2) is 37.3 Å². The fraction of sp³-hybridized carbons (Fsp3) is 0.909. The molecule has 3 nitrogen and oxygen atoms in total. The summed E-state index contributed by atoms with van der Waals surface area (Å²) in [5, 5.41) is 0.506. The SMILES string of the molecule is C1COC([C]2OCC(C3CCCO3)S2)C1. The lowest BCUT2D eigenvalue weighted by Crippen LogP contribution is -2.22. The monoisotopic (exact) mass is 229 g/mol. The van der Waals surface area contributed by atoms with Crippen molar-refractivity contribution < 1.29 is 14.2 Å². The lowest BCUT2D eigenvalue weighted by atomic mass is 10.2. The van der Waals surface area contributed by atoms with Crippen LogP contribution in [0.4, 0.5) is 0 Å². The third-order valence-corrected chi connectivity index (χ3v) is 4.58. The molecular formula is C11H17O3S. The van der Waals surface area contributed by atoms with Crippen LogP contribution in [0.25, 0.3) is 0 Å². The molecule has 0 aromatic rings. The molecular weight excluding hydrogens is 212 g/mol. The van der Waals surface area contributed by atoms with Crippen molar-refractivity contribution in [1.29, 1.82) is 0 Å². The maximum atomic E-state index is 5.74. The van der Waals surface area contributed by atoms with Crippen molar-refractivity contribution in [3.63, 3.8) is 0 Å². The topological polar surface area (TPSA) is 27.7 Å². The van der Waals surface area contributed by atoms with E-state index in [4.69, 9.17) is 14.2 Å². The Labute approximate surface area is 94.8 Å². The summed E-state index contributed by atoms with van der Waals surface area (Å²) in [5.41, 5.74) is 1.10. The summed E-state index contributed by atoms with van der Waals surface area (Å²) in [6, 6.07) is 0. The van der Waals surface area contributed by atoms with Gasteiger partial charge in [-0.3, -0.25) is 0 Å². The second-order valence-corrected chi connectivity index (χ2v) is 5.58. The van der Waals surface area contributed by atoms with Crippen LogP contribution < -0.4 is 0 Å². The molecule has 15 heavy (non-hydrogen) atoms. The lowest BCUT2D eigenvalue weighted by molar-refractivity contribution is 0.0477. The first-order valence-electron chi connectivity index (χ1n) is 5.83. The molecule has 3 atom stereocenters. The quantitative estimate of drug-likeness (QED) is 0.723. The molecule has 3 saturated heterocycles. The van der Waals surface area contributed by atoms with Crippen LogP contribution in [0.15, 0.2) is 0 Å². The van der Waals surface area contributed by atoms with Gasteiger partial charge in [-0.25, -0.2) is 0 Å². The molecule has 0 spiro atoms. The van der Waals surface area contributed by atoms with Gasteiger partial charge in [0.15, 0.2) is 5.44 Å². The van der Waals surface area contributed by atoms with Crippen molar-refractivity contribution in [1.82, 2.24) is 0 Å². The van der Waals surface area contributed by atoms with Gasteiger partial charge in [0.1, 0.15) is 0 Å². The fourth-order valence-electron chi connectivity index (χ4n) is 2.39. The van der Waals surface area contributed by atoms with Crippen molar-refractivity contribution in [3.05, 3.63) is 5.44 Å². The predicted molar refractivity (Wildman–Crippen MR) is 58.5 cm³/mol. The van der Waals surface area contributed by atoms with Gasteiger partial charge in [0, 0.05) is 13.2 Å². The Kier molecular flexibility index (Phi) is 3.20. The largest absolute Gasteiger partial charge is 0.377 e. The van der Waals surface area contributed by atoms with Crippen molar-refractivity contribution in [2.45, 2.75) is 43.1 Å². The molecule has 3 unspecified atom stereocenters. The van der Waals surface area contributed by atoms with Gasteiger partial charge >= 0.3 is 0 Å². The number of rotatable bonds is 2. The maximum Gasteiger partial charge on any atom is 0.181 e. The molecule has 0 aliphatic carbocycles. The molecule has 3 rings (SSSR count). The smallest absolute Gasteiger partial charge is 0.181 e. The summed E-state index contributed by atoms with van der Waals surface area (Å²) in [6.07, 6.45) is 5.36.